The molecule has 0 aliphatic carbocycles. The lowest BCUT2D eigenvalue weighted by molar-refractivity contribution is -0.126. The van der Waals surface area contributed by atoms with Gasteiger partial charge in [0.25, 0.3) is 0 Å². The van der Waals surface area contributed by atoms with Gasteiger partial charge >= 0.3 is 0 Å². The van der Waals surface area contributed by atoms with Gasteiger partial charge in [0.2, 0.25) is 5.91 Å². The number of hydrogen-bond donors (Lipinski definition) is 1. The van der Waals surface area contributed by atoms with Crippen molar-refractivity contribution < 1.29 is 9.53 Å². The summed E-state index contributed by atoms with van der Waals surface area (Å²) in [6.45, 7) is 3.47. The van der Waals surface area contributed by atoms with Crippen LogP contribution in [0.4, 0.5) is 0 Å². The molecule has 0 unspecified atom stereocenters. The zero-order valence-electron chi connectivity index (χ0n) is 10.6. The van der Waals surface area contributed by atoms with Gasteiger partial charge in [0, 0.05) is 6.54 Å². The summed E-state index contributed by atoms with van der Waals surface area (Å²) < 4.78 is 5.03. The molecule has 0 fully saturated rings. The number of nitriles is 1. The van der Waals surface area contributed by atoms with Gasteiger partial charge in [-0.3, -0.25) is 4.79 Å². The summed E-state index contributed by atoms with van der Waals surface area (Å²) in [5.41, 5.74) is -0.182. The van der Waals surface area contributed by atoms with Gasteiger partial charge in [-0.05, 0) is 31.5 Å². The minimum absolute atomic E-state index is 0.308. The van der Waals surface area contributed by atoms with E-state index in [1.54, 1.807) is 26.0 Å². The van der Waals surface area contributed by atoms with Crippen LogP contribution in [0, 0.1) is 16.7 Å². The lowest BCUT2D eigenvalue weighted by Gasteiger charge is -2.15. The van der Waals surface area contributed by atoms with Crippen molar-refractivity contribution in [1.29, 1.82) is 5.26 Å². The Bertz CT molecular complexity index is 492. The molecule has 0 atom stereocenters. The van der Waals surface area contributed by atoms with Crippen molar-refractivity contribution in [2.45, 2.75) is 20.4 Å². The highest BCUT2D eigenvalue weighted by Crippen LogP contribution is 2.25. The van der Waals surface area contributed by atoms with E-state index in [0.717, 1.165) is 5.56 Å². The smallest absolute Gasteiger partial charge is 0.240 e. The Labute approximate surface area is 112 Å². The van der Waals surface area contributed by atoms with Crippen LogP contribution in [0.1, 0.15) is 19.4 Å². The number of nitrogens with one attached hydrogen (secondary N) is 1. The van der Waals surface area contributed by atoms with Gasteiger partial charge in [0.1, 0.15) is 11.2 Å². The fourth-order valence-corrected chi connectivity index (χ4v) is 1.55. The van der Waals surface area contributed by atoms with Crippen molar-refractivity contribution in [3.05, 3.63) is 28.8 Å². The van der Waals surface area contributed by atoms with Crippen LogP contribution in [-0.4, -0.2) is 13.0 Å². The number of amides is 1. The molecule has 0 spiro atoms. The molecular formula is C13H15ClN2O2. The third-order valence-electron chi connectivity index (χ3n) is 2.52. The highest BCUT2D eigenvalue weighted by Gasteiger charge is 2.26. The summed E-state index contributed by atoms with van der Waals surface area (Å²) >= 11 is 5.97. The Kier molecular flexibility index (Phi) is 4.57. The van der Waals surface area contributed by atoms with Crippen LogP contribution in [0.5, 0.6) is 5.75 Å². The molecule has 1 aromatic rings. The molecule has 18 heavy (non-hydrogen) atoms. The van der Waals surface area contributed by atoms with Crippen LogP contribution < -0.4 is 10.1 Å². The molecule has 0 aliphatic heterocycles. The lowest BCUT2D eigenvalue weighted by atomic mass is 9.95. The Morgan fingerprint density at radius 3 is 2.72 bits per heavy atom. The zero-order valence-corrected chi connectivity index (χ0v) is 11.3. The fraction of sp³-hybridized carbons (Fsp3) is 0.385. The first-order chi connectivity index (χ1) is 8.40. The Morgan fingerprint density at radius 1 is 1.56 bits per heavy atom. The molecule has 1 N–H and O–H groups in total. The van der Waals surface area contributed by atoms with Crippen LogP contribution in [0.2, 0.25) is 5.02 Å². The van der Waals surface area contributed by atoms with E-state index in [0.29, 0.717) is 17.3 Å². The summed E-state index contributed by atoms with van der Waals surface area (Å²) in [6.07, 6.45) is 0. The molecule has 5 heteroatoms. The third kappa shape index (κ3) is 3.38. The van der Waals surface area contributed by atoms with Gasteiger partial charge in [-0.25, -0.2) is 0 Å². The van der Waals surface area contributed by atoms with E-state index in [4.69, 9.17) is 21.6 Å². The SMILES string of the molecule is COc1ccc(CNC(=O)C(C)(C)C#N)cc1Cl. The number of rotatable bonds is 4. The number of methoxy groups -OCH3 is 1. The second-order valence-electron chi connectivity index (χ2n) is 4.39. The normalized spacial score (nSPS) is 10.6. The van der Waals surface area contributed by atoms with Gasteiger partial charge in [0.05, 0.1) is 18.2 Å². The molecule has 0 bridgehead atoms. The monoisotopic (exact) mass is 266 g/mol. The Hall–Kier alpha value is -1.73. The maximum atomic E-state index is 11.7. The molecule has 0 saturated carbocycles. The molecule has 0 heterocycles. The van der Waals surface area contributed by atoms with Gasteiger partial charge in [0.15, 0.2) is 0 Å². The number of ether oxygens (including phenoxy) is 1. The van der Waals surface area contributed by atoms with E-state index >= 15 is 0 Å². The highest BCUT2D eigenvalue weighted by atomic mass is 35.5. The van der Waals surface area contributed by atoms with Crippen molar-refractivity contribution in [3.8, 4) is 11.8 Å². The van der Waals surface area contributed by atoms with Crippen LogP contribution in [0.15, 0.2) is 18.2 Å². The van der Waals surface area contributed by atoms with Crippen molar-refractivity contribution in [2.24, 2.45) is 5.41 Å². The molecule has 4 nitrogen and oxygen atoms in total. The van der Waals surface area contributed by atoms with E-state index < -0.39 is 5.41 Å². The first kappa shape index (κ1) is 14.3. The lowest BCUT2D eigenvalue weighted by Crippen LogP contribution is -2.35. The van der Waals surface area contributed by atoms with Crippen LogP contribution in [-0.2, 0) is 11.3 Å². The largest absolute Gasteiger partial charge is 0.495 e. The quantitative estimate of drug-likeness (QED) is 0.911. The van der Waals surface area contributed by atoms with Crippen molar-refractivity contribution in [3.63, 3.8) is 0 Å². The minimum Gasteiger partial charge on any atom is -0.495 e. The molecular weight excluding hydrogens is 252 g/mol. The first-order valence-corrected chi connectivity index (χ1v) is 5.80. The van der Waals surface area contributed by atoms with Gasteiger partial charge in [-0.15, -0.1) is 0 Å². The predicted octanol–water partition coefficient (Wildman–Crippen LogP) is 2.51. The number of hydrogen-bond acceptors (Lipinski definition) is 3. The van der Waals surface area contributed by atoms with Crippen molar-refractivity contribution in [1.82, 2.24) is 5.32 Å². The summed E-state index contributed by atoms with van der Waals surface area (Å²) in [6, 6.07) is 7.22. The van der Waals surface area contributed by atoms with Crippen molar-refractivity contribution in [2.75, 3.05) is 7.11 Å². The van der Waals surface area contributed by atoms with E-state index in [2.05, 4.69) is 5.32 Å². The highest BCUT2D eigenvalue weighted by molar-refractivity contribution is 6.32. The summed E-state index contributed by atoms with van der Waals surface area (Å²) in [5.74, 6) is 0.279. The summed E-state index contributed by atoms with van der Waals surface area (Å²) in [4.78, 5) is 11.7. The van der Waals surface area contributed by atoms with Crippen LogP contribution in [0.25, 0.3) is 0 Å². The minimum atomic E-state index is -1.03. The molecule has 96 valence electrons. The predicted molar refractivity (Wildman–Crippen MR) is 69.2 cm³/mol. The molecule has 0 radical (unpaired) electrons. The maximum absolute atomic E-state index is 11.7. The second-order valence-corrected chi connectivity index (χ2v) is 4.80. The molecule has 0 aromatic heterocycles. The Balaban J connectivity index is 2.68. The number of benzene rings is 1. The van der Waals surface area contributed by atoms with Gasteiger partial charge in [-0.1, -0.05) is 17.7 Å². The number of halogens is 1. The standard InChI is InChI=1S/C13H15ClN2O2/c1-13(2,8-15)12(17)16-7-9-4-5-11(18-3)10(14)6-9/h4-6H,7H2,1-3H3,(H,16,17). The van der Waals surface area contributed by atoms with Gasteiger partial charge < -0.3 is 10.1 Å². The van der Waals surface area contributed by atoms with E-state index in [9.17, 15) is 4.79 Å². The summed E-state index contributed by atoms with van der Waals surface area (Å²) in [5, 5.41) is 12.0. The fourth-order valence-electron chi connectivity index (χ4n) is 1.27. The van der Waals surface area contributed by atoms with Crippen LogP contribution >= 0.6 is 11.6 Å². The third-order valence-corrected chi connectivity index (χ3v) is 2.81. The average Bonchev–Trinajstić information content (AvgIpc) is 2.36. The summed E-state index contributed by atoms with van der Waals surface area (Å²) in [7, 11) is 1.54. The molecule has 0 saturated heterocycles. The second kappa shape index (κ2) is 5.74. The van der Waals surface area contributed by atoms with E-state index in [1.807, 2.05) is 12.1 Å². The van der Waals surface area contributed by atoms with Gasteiger partial charge in [-0.2, -0.15) is 5.26 Å². The average molecular weight is 267 g/mol. The van der Waals surface area contributed by atoms with E-state index in [-0.39, 0.29) is 5.91 Å². The van der Waals surface area contributed by atoms with Crippen molar-refractivity contribution >= 4 is 17.5 Å². The number of carbonyl (C=O) groups excluding carboxylic acids is 1. The van der Waals surface area contributed by atoms with E-state index in [1.165, 1.54) is 7.11 Å². The Morgan fingerprint density at radius 2 is 2.22 bits per heavy atom. The first-order valence-electron chi connectivity index (χ1n) is 5.42. The molecule has 0 aliphatic rings. The zero-order chi connectivity index (χ0) is 13.8. The molecule has 1 amide bonds. The number of carbonyl (C=O) groups is 1. The number of nitrogens with zero attached hydrogens (tertiary/aromatic N) is 1. The molecule has 1 aromatic carbocycles. The topological polar surface area (TPSA) is 62.1 Å². The molecule has 1 rings (SSSR count). The van der Waals surface area contributed by atoms with Crippen LogP contribution in [0.3, 0.4) is 0 Å². The maximum Gasteiger partial charge on any atom is 0.240 e.